The Kier molecular flexibility index (Phi) is 13.8. The second-order valence-corrected chi connectivity index (χ2v) is 6.76. The number of aliphatic imine (C=N–C) groups is 12. The molecule has 0 bridgehead atoms. The highest BCUT2D eigenvalue weighted by atomic mass is 16.2. The van der Waals surface area contributed by atoms with Crippen LogP contribution in [0.3, 0.4) is 0 Å². The van der Waals surface area contributed by atoms with Crippen LogP contribution < -0.4 is 0 Å². The third kappa shape index (κ3) is 5.57. The van der Waals surface area contributed by atoms with Crippen LogP contribution in [0.25, 0.3) is 0 Å². The van der Waals surface area contributed by atoms with Crippen LogP contribution in [-0.2, 0) is 57.5 Å². The summed E-state index contributed by atoms with van der Waals surface area (Å²) >= 11 is 0. The number of rotatable bonds is 18. The van der Waals surface area contributed by atoms with Crippen molar-refractivity contribution >= 4 is 73.0 Å². The summed E-state index contributed by atoms with van der Waals surface area (Å²) in [5.41, 5.74) is -17.0. The Morgan fingerprint density at radius 2 is 0.682 bits per heavy atom. The van der Waals surface area contributed by atoms with Gasteiger partial charge in [0.2, 0.25) is 78.6 Å². The van der Waals surface area contributed by atoms with Crippen LogP contribution in [0, 0.1) is 0 Å². The standard InChI is InChI=1S/C20H6N12O12/c1-2-15(21-3-33)16(22-4-34,23-5-35)17(24-6-36,25-7-37)18(26-8-38,27-9-39)19(28-10-40,29-11-41)20(30-12-42,31-13-43)32-14-44/h15H,2H2,1H3. The SMILES string of the molecule is CCC(N=C=O)C(N=C=O)(N=C=O)C(N=C=O)(N=C=O)C(N=C=O)(N=C=O)C(N=C=O)(N=C=O)C(N=C=O)(N=C=O)N=C=O. The van der Waals surface area contributed by atoms with Gasteiger partial charge in [0.1, 0.15) is 6.04 Å². The fourth-order valence-corrected chi connectivity index (χ4v) is 3.87. The maximum Gasteiger partial charge on any atom is 0.328 e. The van der Waals surface area contributed by atoms with E-state index >= 15 is 0 Å². The largest absolute Gasteiger partial charge is 0.328 e. The fraction of sp³-hybridized carbons (Fsp3) is 0.400. The zero-order valence-electron chi connectivity index (χ0n) is 21.0. The summed E-state index contributed by atoms with van der Waals surface area (Å²) in [4.78, 5) is 176. The van der Waals surface area contributed by atoms with E-state index in [0.717, 1.165) is 25.2 Å². The molecule has 0 saturated heterocycles. The fourth-order valence-electron chi connectivity index (χ4n) is 3.87. The summed E-state index contributed by atoms with van der Waals surface area (Å²) in [6, 6.07) is -2.34. The summed E-state index contributed by atoms with van der Waals surface area (Å²) in [7, 11) is 0. The first kappa shape index (κ1) is 36.6. The Morgan fingerprint density at radius 1 is 0.386 bits per heavy atom. The average molecular weight is 606 g/mol. The Bertz CT molecular complexity index is 1650. The van der Waals surface area contributed by atoms with Gasteiger partial charge in [-0.25, -0.2) is 57.5 Å². The molecular formula is C20H6N12O12. The van der Waals surface area contributed by atoms with E-state index in [0.29, 0.717) is 54.7 Å². The van der Waals surface area contributed by atoms with Crippen molar-refractivity contribution in [3.63, 3.8) is 0 Å². The van der Waals surface area contributed by atoms with Crippen LogP contribution in [0.5, 0.6) is 0 Å². The van der Waals surface area contributed by atoms with Crippen molar-refractivity contribution in [2.75, 3.05) is 0 Å². The van der Waals surface area contributed by atoms with Crippen LogP contribution in [0.4, 0.5) is 0 Å². The molecule has 218 valence electrons. The smallest absolute Gasteiger partial charge is 0.211 e. The van der Waals surface area contributed by atoms with E-state index in [1.165, 1.54) is 0 Å². The quantitative estimate of drug-likeness (QED) is 0.113. The third-order valence-electron chi connectivity index (χ3n) is 5.29. The number of hydrogen-bond donors (Lipinski definition) is 0. The summed E-state index contributed by atoms with van der Waals surface area (Å²) < 4.78 is 0. The van der Waals surface area contributed by atoms with Crippen molar-refractivity contribution in [2.45, 2.75) is 47.8 Å². The normalized spacial score (nSPS) is 16.3. The Balaban J connectivity index is 10.4. The van der Waals surface area contributed by atoms with E-state index in [9.17, 15) is 57.5 Å². The highest BCUT2D eigenvalue weighted by Gasteiger charge is 2.84. The van der Waals surface area contributed by atoms with Crippen molar-refractivity contribution in [3.8, 4) is 0 Å². The number of hydrogen-bond acceptors (Lipinski definition) is 24. The van der Waals surface area contributed by atoms with Crippen LogP contribution in [-0.4, -0.2) is 107 Å². The zero-order chi connectivity index (χ0) is 33.8. The number of carbonyl (C=O) groups excluding carboxylic acids is 12. The first-order chi connectivity index (χ1) is 21.2. The third-order valence-corrected chi connectivity index (χ3v) is 5.29. The van der Waals surface area contributed by atoms with Crippen molar-refractivity contribution in [3.05, 3.63) is 0 Å². The Morgan fingerprint density at radius 3 is 0.955 bits per heavy atom. The molecule has 0 heterocycles. The van der Waals surface area contributed by atoms with Gasteiger partial charge in [0, 0.05) is 0 Å². The molecule has 1 atom stereocenters. The molecule has 0 amide bonds. The monoisotopic (exact) mass is 606 g/mol. The molecule has 0 fully saturated rings. The van der Waals surface area contributed by atoms with Crippen LogP contribution in [0.1, 0.15) is 13.3 Å². The predicted molar refractivity (Wildman–Crippen MR) is 125 cm³/mol. The molecule has 0 aliphatic carbocycles. The van der Waals surface area contributed by atoms with Crippen LogP contribution >= 0.6 is 0 Å². The van der Waals surface area contributed by atoms with Gasteiger partial charge in [-0.2, -0.15) is 44.9 Å². The summed E-state index contributed by atoms with van der Waals surface area (Å²) in [5, 5.41) is 0. The van der Waals surface area contributed by atoms with Gasteiger partial charge in [0.05, 0.1) is 0 Å². The molecule has 0 saturated carbocycles. The van der Waals surface area contributed by atoms with Gasteiger partial charge in [-0.05, 0) is 6.42 Å². The van der Waals surface area contributed by atoms with E-state index in [2.05, 4.69) is 59.9 Å². The Labute approximate surface area is 238 Å². The summed E-state index contributed by atoms with van der Waals surface area (Å²) in [6.45, 7) is 1.06. The van der Waals surface area contributed by atoms with E-state index in [1.54, 1.807) is 0 Å². The number of isocyanates is 12. The van der Waals surface area contributed by atoms with E-state index < -0.39 is 40.9 Å². The lowest BCUT2D eigenvalue weighted by molar-refractivity contribution is 0.0219. The van der Waals surface area contributed by atoms with Gasteiger partial charge in [0.15, 0.2) is 0 Å². The molecule has 0 aliphatic heterocycles. The van der Waals surface area contributed by atoms with Gasteiger partial charge in [-0.3, -0.25) is 0 Å². The zero-order valence-corrected chi connectivity index (χ0v) is 21.0. The molecule has 0 aromatic carbocycles. The minimum absolute atomic E-state index is 0.607. The van der Waals surface area contributed by atoms with Gasteiger partial charge in [-0.15, -0.1) is 15.0 Å². The minimum atomic E-state index is -4.49. The Hall–Kier alpha value is -7.44. The molecule has 0 radical (unpaired) electrons. The minimum Gasteiger partial charge on any atom is -0.211 e. The molecule has 0 N–H and O–H groups in total. The molecule has 0 rings (SSSR count). The maximum absolute atomic E-state index is 11.9. The molecule has 24 nitrogen and oxygen atoms in total. The summed E-state index contributed by atoms with van der Waals surface area (Å²) in [6.07, 6.45) is 7.33. The van der Waals surface area contributed by atoms with E-state index in [4.69, 9.17) is 0 Å². The maximum atomic E-state index is 11.9. The van der Waals surface area contributed by atoms with Crippen molar-refractivity contribution in [1.29, 1.82) is 0 Å². The average Bonchev–Trinajstić information content (AvgIpc) is 2.99. The van der Waals surface area contributed by atoms with Crippen molar-refractivity contribution in [2.24, 2.45) is 59.9 Å². The van der Waals surface area contributed by atoms with Gasteiger partial charge in [-0.1, -0.05) is 6.92 Å². The lowest BCUT2D eigenvalue weighted by Gasteiger charge is -2.50. The molecular weight excluding hydrogens is 600 g/mol. The second-order valence-electron chi connectivity index (χ2n) is 6.76. The topological polar surface area (TPSA) is 353 Å². The van der Waals surface area contributed by atoms with Crippen LogP contribution in [0.2, 0.25) is 0 Å². The summed E-state index contributed by atoms with van der Waals surface area (Å²) in [5.74, 6) is -4.12. The lowest BCUT2D eigenvalue weighted by atomic mass is 9.69. The van der Waals surface area contributed by atoms with Crippen molar-refractivity contribution in [1.82, 2.24) is 0 Å². The van der Waals surface area contributed by atoms with E-state index in [1.807, 2.05) is 0 Å². The number of nitrogens with zero attached hydrogens (tertiary/aromatic N) is 12. The van der Waals surface area contributed by atoms with Crippen molar-refractivity contribution < 1.29 is 57.5 Å². The second kappa shape index (κ2) is 16.6. The first-order valence-corrected chi connectivity index (χ1v) is 10.3. The molecule has 44 heavy (non-hydrogen) atoms. The first-order valence-electron chi connectivity index (χ1n) is 10.3. The van der Waals surface area contributed by atoms with Crippen LogP contribution in [0.15, 0.2) is 59.9 Å². The molecule has 0 spiro atoms. The highest BCUT2D eigenvalue weighted by Crippen LogP contribution is 2.57. The highest BCUT2D eigenvalue weighted by molar-refractivity contribution is 5.59. The molecule has 0 aromatic heterocycles. The molecule has 1 unspecified atom stereocenters. The lowest BCUT2D eigenvalue weighted by Crippen LogP contribution is -2.76. The molecule has 0 aliphatic rings. The molecule has 0 aromatic rings. The van der Waals surface area contributed by atoms with Gasteiger partial charge >= 0.3 is 5.79 Å². The van der Waals surface area contributed by atoms with Gasteiger partial charge < -0.3 is 0 Å². The predicted octanol–water partition coefficient (Wildman–Crippen LogP) is -2.77. The molecule has 24 heteroatoms. The van der Waals surface area contributed by atoms with E-state index in [-0.39, 0.29) is 0 Å². The van der Waals surface area contributed by atoms with Gasteiger partial charge in [0.25, 0.3) is 17.0 Å².